The molecule has 3 nitrogen and oxygen atoms in total. The molecular formula is C14H18N2O. The van der Waals surface area contributed by atoms with Crippen LogP contribution in [-0.2, 0) is 6.54 Å². The number of aromatic nitrogens is 2. The standard InChI is InChI=1S/C14H18N2O/c1-11(2)14-15-8-9-16(14)10-12-4-6-13(17-3)7-5-12/h4-9,11H,10H2,1-3H3. The van der Waals surface area contributed by atoms with Gasteiger partial charge in [0.15, 0.2) is 0 Å². The van der Waals surface area contributed by atoms with Gasteiger partial charge in [-0.15, -0.1) is 0 Å². The van der Waals surface area contributed by atoms with Crippen molar-refractivity contribution < 1.29 is 4.74 Å². The Hall–Kier alpha value is -1.77. The van der Waals surface area contributed by atoms with Crippen LogP contribution in [0.3, 0.4) is 0 Å². The van der Waals surface area contributed by atoms with Gasteiger partial charge >= 0.3 is 0 Å². The molecule has 0 atom stereocenters. The third-order valence-corrected chi connectivity index (χ3v) is 2.78. The molecule has 0 saturated carbocycles. The number of imidazole rings is 1. The minimum Gasteiger partial charge on any atom is -0.497 e. The molecule has 0 N–H and O–H groups in total. The molecule has 90 valence electrons. The highest BCUT2D eigenvalue weighted by molar-refractivity contribution is 5.27. The normalized spacial score (nSPS) is 10.8. The van der Waals surface area contributed by atoms with E-state index in [2.05, 4.69) is 35.5 Å². The van der Waals surface area contributed by atoms with Gasteiger partial charge in [-0.1, -0.05) is 26.0 Å². The van der Waals surface area contributed by atoms with E-state index < -0.39 is 0 Å². The van der Waals surface area contributed by atoms with E-state index in [4.69, 9.17) is 4.74 Å². The van der Waals surface area contributed by atoms with Crippen LogP contribution < -0.4 is 4.74 Å². The van der Waals surface area contributed by atoms with Crippen molar-refractivity contribution in [1.29, 1.82) is 0 Å². The molecule has 0 aliphatic carbocycles. The van der Waals surface area contributed by atoms with E-state index in [1.165, 1.54) is 5.56 Å². The van der Waals surface area contributed by atoms with E-state index in [9.17, 15) is 0 Å². The van der Waals surface area contributed by atoms with Crippen LogP contribution in [0.2, 0.25) is 0 Å². The quantitative estimate of drug-likeness (QED) is 0.807. The van der Waals surface area contributed by atoms with Crippen molar-refractivity contribution in [2.24, 2.45) is 0 Å². The van der Waals surface area contributed by atoms with Crippen molar-refractivity contribution in [3.63, 3.8) is 0 Å². The zero-order chi connectivity index (χ0) is 12.3. The first kappa shape index (κ1) is 11.7. The number of methoxy groups -OCH3 is 1. The number of nitrogens with zero attached hydrogens (tertiary/aromatic N) is 2. The molecular weight excluding hydrogens is 212 g/mol. The molecule has 1 heterocycles. The van der Waals surface area contributed by atoms with E-state index in [0.29, 0.717) is 5.92 Å². The summed E-state index contributed by atoms with van der Waals surface area (Å²) in [4.78, 5) is 4.38. The minimum absolute atomic E-state index is 0.447. The van der Waals surface area contributed by atoms with Crippen molar-refractivity contribution >= 4 is 0 Å². The van der Waals surface area contributed by atoms with Gasteiger partial charge in [-0.25, -0.2) is 4.98 Å². The van der Waals surface area contributed by atoms with Gasteiger partial charge in [-0.05, 0) is 17.7 Å². The van der Waals surface area contributed by atoms with E-state index in [-0.39, 0.29) is 0 Å². The summed E-state index contributed by atoms with van der Waals surface area (Å²) < 4.78 is 7.33. The van der Waals surface area contributed by atoms with Crippen LogP contribution in [0.1, 0.15) is 31.2 Å². The fourth-order valence-electron chi connectivity index (χ4n) is 1.88. The van der Waals surface area contributed by atoms with E-state index >= 15 is 0 Å². The molecule has 1 aromatic carbocycles. The molecule has 0 spiro atoms. The van der Waals surface area contributed by atoms with Gasteiger partial charge in [-0.2, -0.15) is 0 Å². The second-order valence-corrected chi connectivity index (χ2v) is 4.42. The summed E-state index contributed by atoms with van der Waals surface area (Å²) in [6.07, 6.45) is 3.89. The Bertz CT molecular complexity index is 471. The van der Waals surface area contributed by atoms with Crippen molar-refractivity contribution in [3.05, 3.63) is 48.0 Å². The van der Waals surface area contributed by atoms with Gasteiger partial charge in [0.2, 0.25) is 0 Å². The SMILES string of the molecule is COc1ccc(Cn2ccnc2C(C)C)cc1. The summed E-state index contributed by atoms with van der Waals surface area (Å²) in [6, 6.07) is 8.15. The molecule has 2 aromatic rings. The molecule has 0 fully saturated rings. The molecule has 0 aliphatic rings. The molecule has 0 saturated heterocycles. The predicted molar refractivity (Wildman–Crippen MR) is 68.4 cm³/mol. The zero-order valence-corrected chi connectivity index (χ0v) is 10.6. The first-order valence-electron chi connectivity index (χ1n) is 5.84. The summed E-state index contributed by atoms with van der Waals surface area (Å²) in [5.74, 6) is 2.47. The zero-order valence-electron chi connectivity index (χ0n) is 10.6. The maximum absolute atomic E-state index is 5.15. The molecule has 2 rings (SSSR count). The van der Waals surface area contributed by atoms with Crippen molar-refractivity contribution in [3.8, 4) is 5.75 Å². The highest BCUT2D eigenvalue weighted by atomic mass is 16.5. The maximum Gasteiger partial charge on any atom is 0.118 e. The van der Waals surface area contributed by atoms with Crippen LogP contribution in [0.15, 0.2) is 36.7 Å². The fraction of sp³-hybridized carbons (Fsp3) is 0.357. The summed E-state index contributed by atoms with van der Waals surface area (Å²) in [5, 5.41) is 0. The van der Waals surface area contributed by atoms with Crippen LogP contribution in [0.25, 0.3) is 0 Å². The lowest BCUT2D eigenvalue weighted by Crippen LogP contribution is -2.05. The maximum atomic E-state index is 5.15. The second-order valence-electron chi connectivity index (χ2n) is 4.42. The Morgan fingerprint density at radius 1 is 1.24 bits per heavy atom. The highest BCUT2D eigenvalue weighted by Crippen LogP contribution is 2.16. The first-order valence-corrected chi connectivity index (χ1v) is 5.84. The van der Waals surface area contributed by atoms with E-state index in [0.717, 1.165) is 18.1 Å². The molecule has 0 unspecified atom stereocenters. The van der Waals surface area contributed by atoms with Gasteiger partial charge < -0.3 is 9.30 Å². The summed E-state index contributed by atoms with van der Waals surface area (Å²) >= 11 is 0. The Balaban J connectivity index is 2.16. The topological polar surface area (TPSA) is 27.1 Å². The number of benzene rings is 1. The monoisotopic (exact) mass is 230 g/mol. The first-order chi connectivity index (χ1) is 8.20. The number of rotatable bonds is 4. The Labute approximate surface area is 102 Å². The van der Waals surface area contributed by atoms with Gasteiger partial charge in [0.05, 0.1) is 7.11 Å². The lowest BCUT2D eigenvalue weighted by Gasteiger charge is -2.10. The average Bonchev–Trinajstić information content (AvgIpc) is 2.78. The van der Waals surface area contributed by atoms with Gasteiger partial charge in [0, 0.05) is 24.9 Å². The minimum atomic E-state index is 0.447. The highest BCUT2D eigenvalue weighted by Gasteiger charge is 2.07. The fourth-order valence-corrected chi connectivity index (χ4v) is 1.88. The van der Waals surface area contributed by atoms with Gasteiger partial charge in [0.25, 0.3) is 0 Å². The molecule has 0 radical (unpaired) electrons. The van der Waals surface area contributed by atoms with Crippen LogP contribution in [0.5, 0.6) is 5.75 Å². The van der Waals surface area contributed by atoms with E-state index in [1.54, 1.807) is 7.11 Å². The molecule has 0 bridgehead atoms. The Morgan fingerprint density at radius 3 is 2.53 bits per heavy atom. The van der Waals surface area contributed by atoms with Crippen LogP contribution in [-0.4, -0.2) is 16.7 Å². The molecule has 0 aliphatic heterocycles. The summed E-state index contributed by atoms with van der Waals surface area (Å²) in [6.45, 7) is 5.18. The molecule has 17 heavy (non-hydrogen) atoms. The smallest absolute Gasteiger partial charge is 0.118 e. The third-order valence-electron chi connectivity index (χ3n) is 2.78. The van der Waals surface area contributed by atoms with Crippen molar-refractivity contribution in [2.75, 3.05) is 7.11 Å². The number of ether oxygens (including phenoxy) is 1. The van der Waals surface area contributed by atoms with Crippen LogP contribution in [0, 0.1) is 0 Å². The van der Waals surface area contributed by atoms with Crippen LogP contribution >= 0.6 is 0 Å². The van der Waals surface area contributed by atoms with Gasteiger partial charge in [0.1, 0.15) is 11.6 Å². The third kappa shape index (κ3) is 2.67. The molecule has 0 amide bonds. The second kappa shape index (κ2) is 5.04. The molecule has 3 heteroatoms. The lowest BCUT2D eigenvalue weighted by molar-refractivity contribution is 0.414. The van der Waals surface area contributed by atoms with Crippen molar-refractivity contribution in [1.82, 2.24) is 9.55 Å². The van der Waals surface area contributed by atoms with Crippen molar-refractivity contribution in [2.45, 2.75) is 26.3 Å². The van der Waals surface area contributed by atoms with Crippen LogP contribution in [0.4, 0.5) is 0 Å². The number of hydrogen-bond donors (Lipinski definition) is 0. The summed E-state index contributed by atoms with van der Waals surface area (Å²) in [7, 11) is 1.68. The largest absolute Gasteiger partial charge is 0.497 e. The Kier molecular flexibility index (Phi) is 3.47. The summed E-state index contributed by atoms with van der Waals surface area (Å²) in [5.41, 5.74) is 1.26. The Morgan fingerprint density at radius 2 is 1.94 bits per heavy atom. The van der Waals surface area contributed by atoms with Gasteiger partial charge in [-0.3, -0.25) is 0 Å². The predicted octanol–water partition coefficient (Wildman–Crippen LogP) is 3.06. The molecule has 1 aromatic heterocycles. The number of hydrogen-bond acceptors (Lipinski definition) is 2. The van der Waals surface area contributed by atoms with E-state index in [1.807, 2.05) is 24.5 Å². The lowest BCUT2D eigenvalue weighted by atomic mass is 10.2. The average molecular weight is 230 g/mol.